The quantitative estimate of drug-likeness (QED) is 0.865. The average Bonchev–Trinajstić information content (AvgIpc) is 2.61. The maximum Gasteiger partial charge on any atom is 0.270 e. The van der Waals surface area contributed by atoms with E-state index in [-0.39, 0.29) is 21.6 Å². The van der Waals surface area contributed by atoms with Gasteiger partial charge in [0, 0.05) is 22.0 Å². The van der Waals surface area contributed by atoms with Crippen LogP contribution in [0.2, 0.25) is 0 Å². The summed E-state index contributed by atoms with van der Waals surface area (Å²) in [5.41, 5.74) is -0.0795. The van der Waals surface area contributed by atoms with E-state index in [1.165, 1.54) is 6.07 Å². The highest BCUT2D eigenvalue weighted by molar-refractivity contribution is 8.15. The van der Waals surface area contributed by atoms with Gasteiger partial charge in [-0.05, 0) is 24.5 Å². The van der Waals surface area contributed by atoms with Crippen molar-refractivity contribution in [2.45, 2.75) is 44.4 Å². The van der Waals surface area contributed by atoms with Crippen LogP contribution in [0, 0.1) is 5.41 Å². The van der Waals surface area contributed by atoms with Crippen molar-refractivity contribution < 1.29 is 13.2 Å². The molecule has 0 aliphatic rings. The molecule has 1 heterocycles. The van der Waals surface area contributed by atoms with Gasteiger partial charge in [-0.15, -0.1) is 11.3 Å². The van der Waals surface area contributed by atoms with Crippen LogP contribution in [0.4, 0.5) is 0 Å². The van der Waals surface area contributed by atoms with E-state index in [0.29, 0.717) is 6.42 Å². The number of rotatable bonds is 4. The molecular formula is C12H18ClNO3S2. The SMILES string of the molecule is CC(NC(=O)CC(C)(C)C)c1ccc(S(=O)(=O)Cl)s1. The van der Waals surface area contributed by atoms with E-state index in [0.717, 1.165) is 16.2 Å². The molecule has 19 heavy (non-hydrogen) atoms. The molecule has 1 rings (SSSR count). The molecule has 108 valence electrons. The number of amides is 1. The number of halogens is 1. The Kier molecular flexibility index (Phi) is 5.03. The summed E-state index contributed by atoms with van der Waals surface area (Å²) >= 11 is 1.07. The fourth-order valence-corrected chi connectivity index (χ4v) is 3.64. The van der Waals surface area contributed by atoms with E-state index in [9.17, 15) is 13.2 Å². The zero-order valence-corrected chi connectivity index (χ0v) is 13.7. The molecule has 1 unspecified atom stereocenters. The van der Waals surface area contributed by atoms with Gasteiger partial charge < -0.3 is 5.32 Å². The molecule has 4 nitrogen and oxygen atoms in total. The third-order valence-electron chi connectivity index (χ3n) is 2.34. The molecule has 1 atom stereocenters. The number of hydrogen-bond donors (Lipinski definition) is 1. The van der Waals surface area contributed by atoms with Crippen molar-refractivity contribution in [3.8, 4) is 0 Å². The van der Waals surface area contributed by atoms with E-state index in [1.54, 1.807) is 6.07 Å². The maximum atomic E-state index is 11.8. The predicted molar refractivity (Wildman–Crippen MR) is 78.0 cm³/mol. The topological polar surface area (TPSA) is 63.2 Å². The van der Waals surface area contributed by atoms with Crippen LogP contribution >= 0.6 is 22.0 Å². The zero-order chi connectivity index (χ0) is 14.8. The number of nitrogens with one attached hydrogen (secondary N) is 1. The summed E-state index contributed by atoms with van der Waals surface area (Å²) in [5, 5.41) is 2.85. The van der Waals surface area contributed by atoms with Crippen molar-refractivity contribution in [2.24, 2.45) is 5.41 Å². The Morgan fingerprint density at radius 2 is 2.00 bits per heavy atom. The predicted octanol–water partition coefficient (Wildman–Crippen LogP) is 3.29. The van der Waals surface area contributed by atoms with Crippen LogP contribution in [-0.4, -0.2) is 14.3 Å². The van der Waals surface area contributed by atoms with E-state index < -0.39 is 9.05 Å². The summed E-state index contributed by atoms with van der Waals surface area (Å²) < 4.78 is 22.4. The molecule has 1 N–H and O–H groups in total. The Labute approximate surface area is 122 Å². The Morgan fingerprint density at radius 1 is 1.42 bits per heavy atom. The van der Waals surface area contributed by atoms with Crippen molar-refractivity contribution in [2.75, 3.05) is 0 Å². The average molecular weight is 324 g/mol. The molecule has 1 amide bonds. The maximum absolute atomic E-state index is 11.8. The molecule has 0 bridgehead atoms. The first-order valence-electron chi connectivity index (χ1n) is 5.83. The van der Waals surface area contributed by atoms with E-state index in [1.807, 2.05) is 27.7 Å². The summed E-state index contributed by atoms with van der Waals surface area (Å²) in [4.78, 5) is 12.6. The smallest absolute Gasteiger partial charge is 0.270 e. The Morgan fingerprint density at radius 3 is 2.42 bits per heavy atom. The van der Waals surface area contributed by atoms with Gasteiger partial charge in [0.15, 0.2) is 0 Å². The molecule has 0 aliphatic carbocycles. The first-order chi connectivity index (χ1) is 8.49. The molecule has 0 fully saturated rings. The molecule has 0 aromatic carbocycles. The second kappa shape index (κ2) is 5.81. The summed E-state index contributed by atoms with van der Waals surface area (Å²) in [6.07, 6.45) is 0.420. The monoisotopic (exact) mass is 323 g/mol. The van der Waals surface area contributed by atoms with Crippen LogP contribution in [0.25, 0.3) is 0 Å². The first kappa shape index (κ1) is 16.5. The normalized spacial score (nSPS) is 14.2. The lowest BCUT2D eigenvalue weighted by molar-refractivity contribution is -0.123. The molecular weight excluding hydrogens is 306 g/mol. The molecule has 1 aromatic rings. The molecule has 0 saturated heterocycles. The molecule has 0 saturated carbocycles. The number of carbonyl (C=O) groups is 1. The number of carbonyl (C=O) groups excluding carboxylic acids is 1. The summed E-state index contributed by atoms with van der Waals surface area (Å²) in [6, 6.07) is 2.89. The fourth-order valence-electron chi connectivity index (χ4n) is 1.54. The number of thiophene rings is 1. The van der Waals surface area contributed by atoms with Crippen molar-refractivity contribution in [3.05, 3.63) is 17.0 Å². The van der Waals surface area contributed by atoms with Crippen LogP contribution < -0.4 is 5.32 Å². The summed E-state index contributed by atoms with van der Waals surface area (Å²) in [5.74, 6) is -0.0521. The van der Waals surface area contributed by atoms with Gasteiger partial charge >= 0.3 is 0 Å². The molecule has 0 radical (unpaired) electrons. The van der Waals surface area contributed by atoms with E-state index >= 15 is 0 Å². The second-order valence-electron chi connectivity index (χ2n) is 5.62. The van der Waals surface area contributed by atoms with Crippen LogP contribution in [0.1, 0.15) is 45.0 Å². The van der Waals surface area contributed by atoms with E-state index in [2.05, 4.69) is 5.32 Å². The highest BCUT2D eigenvalue weighted by atomic mass is 35.7. The minimum atomic E-state index is -3.69. The van der Waals surface area contributed by atoms with Crippen LogP contribution in [0.5, 0.6) is 0 Å². The van der Waals surface area contributed by atoms with Gasteiger partial charge in [-0.3, -0.25) is 4.79 Å². The van der Waals surface area contributed by atoms with Gasteiger partial charge in [0.2, 0.25) is 5.91 Å². The van der Waals surface area contributed by atoms with Crippen LogP contribution in [0.15, 0.2) is 16.3 Å². The largest absolute Gasteiger partial charge is 0.349 e. The Bertz CT molecular complexity index is 558. The highest BCUT2D eigenvalue weighted by Crippen LogP contribution is 2.29. The molecule has 1 aromatic heterocycles. The first-order valence-corrected chi connectivity index (χ1v) is 8.95. The minimum absolute atomic E-state index is 0.0521. The van der Waals surface area contributed by atoms with Gasteiger partial charge in [-0.25, -0.2) is 8.42 Å². The molecule has 0 aliphatic heterocycles. The van der Waals surface area contributed by atoms with Crippen LogP contribution in [-0.2, 0) is 13.8 Å². The second-order valence-corrected chi connectivity index (χ2v) is 9.53. The minimum Gasteiger partial charge on any atom is -0.349 e. The number of hydrogen-bond acceptors (Lipinski definition) is 4. The standard InChI is InChI=1S/C12H18ClNO3S2/c1-8(14-10(15)7-12(2,3)4)9-5-6-11(18-9)19(13,16)17/h5-6,8H,7H2,1-4H3,(H,14,15). The Hall–Kier alpha value is -0.590. The van der Waals surface area contributed by atoms with Crippen LogP contribution in [0.3, 0.4) is 0 Å². The van der Waals surface area contributed by atoms with Crippen molar-refractivity contribution in [1.29, 1.82) is 0 Å². The third-order valence-corrected chi connectivity index (χ3v) is 5.70. The van der Waals surface area contributed by atoms with Gasteiger partial charge in [0.05, 0.1) is 6.04 Å². The lowest BCUT2D eigenvalue weighted by Gasteiger charge is -2.19. The third kappa shape index (κ3) is 5.50. The van der Waals surface area contributed by atoms with Gasteiger partial charge in [0.1, 0.15) is 4.21 Å². The van der Waals surface area contributed by atoms with Gasteiger partial charge in [-0.1, -0.05) is 20.8 Å². The Balaban J connectivity index is 2.72. The lowest BCUT2D eigenvalue weighted by atomic mass is 9.92. The van der Waals surface area contributed by atoms with Gasteiger partial charge in [-0.2, -0.15) is 0 Å². The molecule has 0 spiro atoms. The lowest BCUT2D eigenvalue weighted by Crippen LogP contribution is -2.29. The summed E-state index contributed by atoms with van der Waals surface area (Å²) in [6.45, 7) is 7.78. The summed E-state index contributed by atoms with van der Waals surface area (Å²) in [7, 11) is 1.57. The van der Waals surface area contributed by atoms with Crippen molar-refractivity contribution in [1.82, 2.24) is 5.32 Å². The molecule has 7 heteroatoms. The zero-order valence-electron chi connectivity index (χ0n) is 11.4. The van der Waals surface area contributed by atoms with Crippen molar-refractivity contribution >= 4 is 37.0 Å². The van der Waals surface area contributed by atoms with E-state index in [4.69, 9.17) is 10.7 Å². The van der Waals surface area contributed by atoms with Crippen molar-refractivity contribution in [3.63, 3.8) is 0 Å². The van der Waals surface area contributed by atoms with Gasteiger partial charge in [0.25, 0.3) is 9.05 Å². The fraction of sp³-hybridized carbons (Fsp3) is 0.583. The highest BCUT2D eigenvalue weighted by Gasteiger charge is 2.20.